The number of Topliss-reactive ketones (excluding diaryl/α,β-unsaturated/α-hetero) is 1. The monoisotopic (exact) mass is 378 g/mol. The molecule has 0 saturated heterocycles. The third-order valence-corrected chi connectivity index (χ3v) is 5.44. The van der Waals surface area contributed by atoms with Gasteiger partial charge in [0.25, 0.3) is 0 Å². The third kappa shape index (κ3) is 3.84. The zero-order chi connectivity index (χ0) is 20.4. The number of hydrogen-bond acceptors (Lipinski definition) is 3. The van der Waals surface area contributed by atoms with Gasteiger partial charge in [0.2, 0.25) is 0 Å². The standard InChI is InChI=1S/C23H26N2O3/c1-5-22-24-20-13-18(16(4)26)8-11-21(20)25(22)19-9-6-17(7-10-19)12-14(2)15(3)23(27)28/h6-11,13-15H,5,12H2,1-4H3,(H,27,28)/t14-,15?/m1/s1. The van der Waals surface area contributed by atoms with Crippen LogP contribution < -0.4 is 0 Å². The Morgan fingerprint density at radius 3 is 2.36 bits per heavy atom. The number of carboxylic acid groups (broad SMARTS) is 1. The topological polar surface area (TPSA) is 72.2 Å². The van der Waals surface area contributed by atoms with Gasteiger partial charge in [0.1, 0.15) is 5.82 Å². The van der Waals surface area contributed by atoms with Crippen LogP contribution in [0.4, 0.5) is 0 Å². The van der Waals surface area contributed by atoms with E-state index >= 15 is 0 Å². The van der Waals surface area contributed by atoms with Crippen molar-refractivity contribution in [3.05, 3.63) is 59.4 Å². The largest absolute Gasteiger partial charge is 0.481 e. The molecule has 1 N–H and O–H groups in total. The number of aromatic nitrogens is 2. The maximum absolute atomic E-state index is 11.7. The molecule has 0 bridgehead atoms. The molecule has 1 heterocycles. The van der Waals surface area contributed by atoms with Gasteiger partial charge in [-0.1, -0.05) is 32.9 Å². The zero-order valence-electron chi connectivity index (χ0n) is 16.8. The van der Waals surface area contributed by atoms with E-state index in [0.717, 1.165) is 41.0 Å². The molecule has 0 amide bonds. The van der Waals surface area contributed by atoms with E-state index in [4.69, 9.17) is 4.98 Å². The molecule has 3 aromatic rings. The SMILES string of the molecule is CCc1nc2cc(C(C)=O)ccc2n1-c1ccc(C[C@@H](C)C(C)C(=O)O)cc1. The quantitative estimate of drug-likeness (QED) is 0.606. The van der Waals surface area contributed by atoms with Crippen molar-refractivity contribution in [2.24, 2.45) is 11.8 Å². The zero-order valence-corrected chi connectivity index (χ0v) is 16.8. The second-order valence-corrected chi connectivity index (χ2v) is 7.45. The number of rotatable bonds is 7. The Bertz CT molecular complexity index is 1020. The Hall–Kier alpha value is -2.95. The molecule has 146 valence electrons. The molecule has 5 heteroatoms. The van der Waals surface area contributed by atoms with E-state index in [2.05, 4.69) is 23.6 Å². The first-order valence-electron chi connectivity index (χ1n) is 9.66. The van der Waals surface area contributed by atoms with Crippen LogP contribution in [-0.2, 0) is 17.6 Å². The van der Waals surface area contributed by atoms with E-state index in [-0.39, 0.29) is 17.6 Å². The lowest BCUT2D eigenvalue weighted by molar-refractivity contribution is -0.142. The molecule has 2 atom stereocenters. The number of nitrogens with zero attached hydrogens (tertiary/aromatic N) is 2. The Morgan fingerprint density at radius 1 is 1.11 bits per heavy atom. The fourth-order valence-electron chi connectivity index (χ4n) is 3.45. The van der Waals surface area contributed by atoms with Crippen LogP contribution in [0.25, 0.3) is 16.7 Å². The van der Waals surface area contributed by atoms with Crippen molar-refractivity contribution in [3.8, 4) is 5.69 Å². The fourth-order valence-corrected chi connectivity index (χ4v) is 3.45. The van der Waals surface area contributed by atoms with Gasteiger partial charge < -0.3 is 5.11 Å². The van der Waals surface area contributed by atoms with Gasteiger partial charge in [-0.25, -0.2) is 4.98 Å². The number of ketones is 1. The van der Waals surface area contributed by atoms with Crippen LogP contribution in [-0.4, -0.2) is 26.4 Å². The average Bonchev–Trinajstić information content (AvgIpc) is 3.05. The van der Waals surface area contributed by atoms with Crippen molar-refractivity contribution < 1.29 is 14.7 Å². The maximum atomic E-state index is 11.7. The highest BCUT2D eigenvalue weighted by Gasteiger charge is 2.19. The summed E-state index contributed by atoms with van der Waals surface area (Å²) in [6.45, 7) is 7.34. The van der Waals surface area contributed by atoms with E-state index in [9.17, 15) is 14.7 Å². The van der Waals surface area contributed by atoms with Gasteiger partial charge in [-0.3, -0.25) is 14.2 Å². The molecule has 0 aliphatic heterocycles. The number of carboxylic acids is 1. The molecule has 3 rings (SSSR count). The van der Waals surface area contributed by atoms with Crippen molar-refractivity contribution in [3.63, 3.8) is 0 Å². The molecule has 5 nitrogen and oxygen atoms in total. The van der Waals surface area contributed by atoms with Gasteiger partial charge in [-0.15, -0.1) is 0 Å². The summed E-state index contributed by atoms with van der Waals surface area (Å²) in [6, 6.07) is 13.8. The van der Waals surface area contributed by atoms with Crippen molar-refractivity contribution in [2.75, 3.05) is 0 Å². The summed E-state index contributed by atoms with van der Waals surface area (Å²) in [5, 5.41) is 9.18. The number of carbonyl (C=O) groups excluding carboxylic acids is 1. The van der Waals surface area contributed by atoms with Crippen LogP contribution in [0.5, 0.6) is 0 Å². The van der Waals surface area contributed by atoms with E-state index < -0.39 is 5.97 Å². The Balaban J connectivity index is 1.94. The Kier molecular flexibility index (Phi) is 5.63. The lowest BCUT2D eigenvalue weighted by Gasteiger charge is -2.16. The summed E-state index contributed by atoms with van der Waals surface area (Å²) < 4.78 is 2.12. The summed E-state index contributed by atoms with van der Waals surface area (Å²) >= 11 is 0. The molecule has 1 unspecified atom stereocenters. The smallest absolute Gasteiger partial charge is 0.306 e. The Labute approximate surface area is 165 Å². The molecule has 1 aromatic heterocycles. The summed E-state index contributed by atoms with van der Waals surface area (Å²) in [7, 11) is 0. The highest BCUT2D eigenvalue weighted by atomic mass is 16.4. The number of aliphatic carboxylic acids is 1. The first kappa shape index (κ1) is 19.8. The van der Waals surface area contributed by atoms with Crippen molar-refractivity contribution in [2.45, 2.75) is 40.5 Å². The van der Waals surface area contributed by atoms with E-state index in [0.29, 0.717) is 5.56 Å². The van der Waals surface area contributed by atoms with Crippen LogP contribution in [0.1, 0.15) is 49.4 Å². The van der Waals surface area contributed by atoms with Crippen LogP contribution in [0.15, 0.2) is 42.5 Å². The highest BCUT2D eigenvalue weighted by Crippen LogP contribution is 2.25. The van der Waals surface area contributed by atoms with Crippen LogP contribution in [0, 0.1) is 11.8 Å². The van der Waals surface area contributed by atoms with Crippen molar-refractivity contribution in [1.29, 1.82) is 0 Å². The first-order chi connectivity index (χ1) is 13.3. The molecule has 0 saturated carbocycles. The van der Waals surface area contributed by atoms with E-state index in [1.807, 2.05) is 37.3 Å². The molecule has 0 fully saturated rings. The van der Waals surface area contributed by atoms with Gasteiger partial charge in [-0.2, -0.15) is 0 Å². The van der Waals surface area contributed by atoms with Crippen LogP contribution in [0.3, 0.4) is 0 Å². The van der Waals surface area contributed by atoms with Crippen molar-refractivity contribution >= 4 is 22.8 Å². The minimum absolute atomic E-state index is 0.0311. The average molecular weight is 378 g/mol. The molecule has 0 radical (unpaired) electrons. The molecule has 0 aliphatic carbocycles. The number of hydrogen-bond donors (Lipinski definition) is 1. The molecular weight excluding hydrogens is 352 g/mol. The van der Waals surface area contributed by atoms with Crippen LogP contribution >= 0.6 is 0 Å². The summed E-state index contributed by atoms with van der Waals surface area (Å²) in [5.74, 6) is -0.0977. The minimum atomic E-state index is -0.758. The molecule has 0 spiro atoms. The highest BCUT2D eigenvalue weighted by molar-refractivity contribution is 5.97. The van der Waals surface area contributed by atoms with Gasteiger partial charge in [0.15, 0.2) is 5.78 Å². The number of aryl methyl sites for hydroxylation is 1. The first-order valence-corrected chi connectivity index (χ1v) is 9.66. The lowest BCUT2D eigenvalue weighted by Crippen LogP contribution is -2.19. The molecule has 28 heavy (non-hydrogen) atoms. The summed E-state index contributed by atoms with van der Waals surface area (Å²) in [5.41, 5.74) is 4.58. The normalized spacial score (nSPS) is 13.4. The fraction of sp³-hybridized carbons (Fsp3) is 0.348. The second-order valence-electron chi connectivity index (χ2n) is 7.45. The second kappa shape index (κ2) is 7.97. The molecule has 2 aromatic carbocycles. The predicted octanol–water partition coefficient (Wildman–Crippen LogP) is 4.69. The van der Waals surface area contributed by atoms with Gasteiger partial charge in [0, 0.05) is 17.7 Å². The van der Waals surface area contributed by atoms with Gasteiger partial charge >= 0.3 is 5.97 Å². The number of benzene rings is 2. The lowest BCUT2D eigenvalue weighted by atomic mass is 9.90. The molecule has 0 aliphatic rings. The minimum Gasteiger partial charge on any atom is -0.481 e. The van der Waals surface area contributed by atoms with E-state index in [1.165, 1.54) is 0 Å². The maximum Gasteiger partial charge on any atom is 0.306 e. The number of carbonyl (C=O) groups is 2. The van der Waals surface area contributed by atoms with Gasteiger partial charge in [-0.05, 0) is 55.2 Å². The molecular formula is C23H26N2O3. The van der Waals surface area contributed by atoms with Crippen molar-refractivity contribution in [1.82, 2.24) is 9.55 Å². The number of imidazole rings is 1. The Morgan fingerprint density at radius 2 is 1.79 bits per heavy atom. The predicted molar refractivity (Wildman–Crippen MR) is 110 cm³/mol. The summed E-state index contributed by atoms with van der Waals surface area (Å²) in [4.78, 5) is 27.5. The summed E-state index contributed by atoms with van der Waals surface area (Å²) in [6.07, 6.45) is 1.50. The van der Waals surface area contributed by atoms with E-state index in [1.54, 1.807) is 13.8 Å². The third-order valence-electron chi connectivity index (χ3n) is 5.44. The van der Waals surface area contributed by atoms with Gasteiger partial charge in [0.05, 0.1) is 17.0 Å². The van der Waals surface area contributed by atoms with Crippen LogP contribution in [0.2, 0.25) is 0 Å². The number of fused-ring (bicyclic) bond motifs is 1.